The summed E-state index contributed by atoms with van der Waals surface area (Å²) < 4.78 is 5.67. The van der Waals surface area contributed by atoms with E-state index in [1.165, 1.54) is 6.26 Å². The van der Waals surface area contributed by atoms with Gasteiger partial charge in [0.1, 0.15) is 6.26 Å². The second-order valence-electron chi connectivity index (χ2n) is 2.14. The van der Waals surface area contributed by atoms with Crippen LogP contribution in [-0.4, -0.2) is 11.1 Å². The van der Waals surface area contributed by atoms with Crippen LogP contribution in [0.5, 0.6) is 0 Å². The molecule has 0 bridgehead atoms. The van der Waals surface area contributed by atoms with E-state index in [1.54, 1.807) is 6.26 Å². The molecular formula is C7H7BrO3. The van der Waals surface area contributed by atoms with Crippen molar-refractivity contribution in [2.45, 2.75) is 12.8 Å². The van der Waals surface area contributed by atoms with E-state index in [0.717, 1.165) is 10.0 Å². The Morgan fingerprint density at radius 3 is 2.82 bits per heavy atom. The highest BCUT2D eigenvalue weighted by Crippen LogP contribution is 2.18. The topological polar surface area (TPSA) is 50.4 Å². The number of hydrogen-bond acceptors (Lipinski definition) is 2. The lowest BCUT2D eigenvalue weighted by molar-refractivity contribution is -0.136. The minimum Gasteiger partial charge on any atom is -0.481 e. The van der Waals surface area contributed by atoms with Crippen molar-refractivity contribution in [2.24, 2.45) is 0 Å². The predicted octanol–water partition coefficient (Wildman–Crippen LogP) is 2.06. The number of halogens is 1. The van der Waals surface area contributed by atoms with Gasteiger partial charge in [-0.05, 0) is 22.4 Å². The molecule has 0 aliphatic carbocycles. The van der Waals surface area contributed by atoms with Gasteiger partial charge in [0.25, 0.3) is 0 Å². The molecule has 1 N–H and O–H groups in total. The van der Waals surface area contributed by atoms with Crippen molar-refractivity contribution in [3.05, 3.63) is 22.6 Å². The van der Waals surface area contributed by atoms with E-state index in [4.69, 9.17) is 9.52 Å². The van der Waals surface area contributed by atoms with Crippen LogP contribution in [0.15, 0.2) is 21.4 Å². The number of hydrogen-bond donors (Lipinski definition) is 1. The molecular weight excluding hydrogens is 212 g/mol. The first-order chi connectivity index (χ1) is 5.20. The van der Waals surface area contributed by atoms with E-state index in [1.807, 2.05) is 0 Å². The second kappa shape index (κ2) is 3.57. The summed E-state index contributed by atoms with van der Waals surface area (Å²) in [5.41, 5.74) is 0.896. The average Bonchev–Trinajstić information content (AvgIpc) is 2.31. The SMILES string of the molecule is O=C(O)CCc1cocc1Br. The lowest BCUT2D eigenvalue weighted by Gasteiger charge is -1.91. The van der Waals surface area contributed by atoms with Crippen molar-refractivity contribution >= 4 is 21.9 Å². The Kier molecular flexibility index (Phi) is 2.70. The zero-order valence-electron chi connectivity index (χ0n) is 5.71. The molecule has 4 heteroatoms. The molecule has 0 aliphatic heterocycles. The number of furan rings is 1. The molecule has 1 aromatic heterocycles. The summed E-state index contributed by atoms with van der Waals surface area (Å²) in [5, 5.41) is 8.36. The second-order valence-corrected chi connectivity index (χ2v) is 2.99. The van der Waals surface area contributed by atoms with Gasteiger partial charge >= 0.3 is 5.97 Å². The molecule has 3 nitrogen and oxygen atoms in total. The maximum atomic E-state index is 10.2. The van der Waals surface area contributed by atoms with Gasteiger partial charge in [-0.1, -0.05) is 0 Å². The summed E-state index contributed by atoms with van der Waals surface area (Å²) >= 11 is 3.23. The zero-order valence-corrected chi connectivity index (χ0v) is 7.30. The lowest BCUT2D eigenvalue weighted by Crippen LogP contribution is -1.96. The first-order valence-electron chi connectivity index (χ1n) is 3.12. The highest BCUT2D eigenvalue weighted by Gasteiger charge is 2.04. The van der Waals surface area contributed by atoms with Gasteiger partial charge in [0.2, 0.25) is 0 Å². The van der Waals surface area contributed by atoms with Crippen molar-refractivity contribution in [3.8, 4) is 0 Å². The molecule has 1 rings (SSSR count). The number of carboxylic acid groups (broad SMARTS) is 1. The Balaban J connectivity index is 2.51. The largest absolute Gasteiger partial charge is 0.481 e. The van der Waals surface area contributed by atoms with Crippen LogP contribution in [0.4, 0.5) is 0 Å². The molecule has 0 aromatic carbocycles. The molecule has 0 saturated carbocycles. The molecule has 0 saturated heterocycles. The van der Waals surface area contributed by atoms with Crippen molar-refractivity contribution in [3.63, 3.8) is 0 Å². The standard InChI is InChI=1S/C7H7BrO3/c8-6-4-11-3-5(6)1-2-7(9)10/h3-4H,1-2H2,(H,9,10). The van der Waals surface area contributed by atoms with Gasteiger partial charge in [-0.2, -0.15) is 0 Å². The molecule has 0 atom stereocenters. The Bertz CT molecular complexity index is 254. The number of carbonyl (C=O) groups is 1. The van der Waals surface area contributed by atoms with Crippen LogP contribution in [0.25, 0.3) is 0 Å². The van der Waals surface area contributed by atoms with E-state index in [9.17, 15) is 4.79 Å². The molecule has 0 radical (unpaired) electrons. The minimum absolute atomic E-state index is 0.137. The van der Waals surface area contributed by atoms with Gasteiger partial charge in [-0.25, -0.2) is 0 Å². The molecule has 1 heterocycles. The van der Waals surface area contributed by atoms with Gasteiger partial charge in [-0.15, -0.1) is 0 Å². The van der Waals surface area contributed by atoms with Crippen LogP contribution in [-0.2, 0) is 11.2 Å². The predicted molar refractivity (Wildman–Crippen MR) is 42.4 cm³/mol. The third-order valence-corrected chi connectivity index (χ3v) is 1.99. The Morgan fingerprint density at radius 2 is 2.36 bits per heavy atom. The third kappa shape index (κ3) is 2.38. The molecule has 0 amide bonds. The maximum Gasteiger partial charge on any atom is 0.303 e. The van der Waals surface area contributed by atoms with Crippen molar-refractivity contribution in [1.82, 2.24) is 0 Å². The molecule has 1 aromatic rings. The highest BCUT2D eigenvalue weighted by atomic mass is 79.9. The summed E-state index contributed by atoms with van der Waals surface area (Å²) in [6.07, 6.45) is 3.73. The van der Waals surface area contributed by atoms with Crippen LogP contribution in [0, 0.1) is 0 Å². The van der Waals surface area contributed by atoms with Gasteiger partial charge in [0.15, 0.2) is 0 Å². The quantitative estimate of drug-likeness (QED) is 0.846. The van der Waals surface area contributed by atoms with E-state index in [-0.39, 0.29) is 6.42 Å². The summed E-state index contributed by atoms with van der Waals surface area (Å²) in [7, 11) is 0. The molecule has 60 valence electrons. The summed E-state index contributed by atoms with van der Waals surface area (Å²) in [6.45, 7) is 0. The Labute approximate surface area is 72.1 Å². The lowest BCUT2D eigenvalue weighted by atomic mass is 10.2. The Morgan fingerprint density at radius 1 is 1.64 bits per heavy atom. The fourth-order valence-corrected chi connectivity index (χ4v) is 1.13. The van der Waals surface area contributed by atoms with E-state index in [0.29, 0.717) is 6.42 Å². The fraction of sp³-hybridized carbons (Fsp3) is 0.286. The van der Waals surface area contributed by atoms with Gasteiger partial charge in [0.05, 0.1) is 10.7 Å². The van der Waals surface area contributed by atoms with Crippen molar-refractivity contribution < 1.29 is 14.3 Å². The van der Waals surface area contributed by atoms with Crippen LogP contribution in [0.3, 0.4) is 0 Å². The Hall–Kier alpha value is -0.770. The van der Waals surface area contributed by atoms with Crippen LogP contribution in [0.1, 0.15) is 12.0 Å². The van der Waals surface area contributed by atoms with Gasteiger partial charge in [0, 0.05) is 12.0 Å². The normalized spacial score (nSPS) is 9.91. The van der Waals surface area contributed by atoms with Gasteiger partial charge in [-0.3, -0.25) is 4.79 Å². The summed E-state index contributed by atoms with van der Waals surface area (Å²) in [6, 6.07) is 0. The molecule has 11 heavy (non-hydrogen) atoms. The monoisotopic (exact) mass is 218 g/mol. The third-order valence-electron chi connectivity index (χ3n) is 1.30. The van der Waals surface area contributed by atoms with Crippen LogP contribution >= 0.6 is 15.9 Å². The van der Waals surface area contributed by atoms with Gasteiger partial charge < -0.3 is 9.52 Å². The molecule has 0 spiro atoms. The minimum atomic E-state index is -0.793. The summed E-state index contributed by atoms with van der Waals surface area (Å²) in [4.78, 5) is 10.2. The molecule has 0 aliphatic rings. The smallest absolute Gasteiger partial charge is 0.303 e. The first kappa shape index (κ1) is 8.33. The van der Waals surface area contributed by atoms with Crippen molar-refractivity contribution in [1.29, 1.82) is 0 Å². The maximum absolute atomic E-state index is 10.2. The number of carboxylic acids is 1. The van der Waals surface area contributed by atoms with Crippen molar-refractivity contribution in [2.75, 3.05) is 0 Å². The first-order valence-corrected chi connectivity index (χ1v) is 3.92. The van der Waals surface area contributed by atoms with Crippen LogP contribution < -0.4 is 0 Å². The molecule has 0 unspecified atom stereocenters. The van der Waals surface area contributed by atoms with E-state index >= 15 is 0 Å². The highest BCUT2D eigenvalue weighted by molar-refractivity contribution is 9.10. The number of rotatable bonds is 3. The zero-order chi connectivity index (χ0) is 8.27. The summed E-state index contributed by atoms with van der Waals surface area (Å²) in [5.74, 6) is -0.793. The van der Waals surface area contributed by atoms with Crippen LogP contribution in [0.2, 0.25) is 0 Å². The number of aliphatic carboxylic acids is 1. The van der Waals surface area contributed by atoms with E-state index in [2.05, 4.69) is 15.9 Å². The van der Waals surface area contributed by atoms with E-state index < -0.39 is 5.97 Å². The fourth-order valence-electron chi connectivity index (χ4n) is 0.728. The molecule has 0 fully saturated rings. The average molecular weight is 219 g/mol. The number of aryl methyl sites for hydroxylation is 1.